The predicted molar refractivity (Wildman–Crippen MR) is 71.7 cm³/mol. The number of nitrogens with zero attached hydrogens (tertiary/aromatic N) is 2. The normalized spacial score (nSPS) is 18.1. The van der Waals surface area contributed by atoms with Crippen LogP contribution < -0.4 is 5.32 Å². The van der Waals surface area contributed by atoms with Crippen molar-refractivity contribution in [2.45, 2.75) is 32.7 Å². The third-order valence-electron chi connectivity index (χ3n) is 3.42. The molecule has 1 aliphatic heterocycles. The second kappa shape index (κ2) is 5.85. The van der Waals surface area contributed by atoms with E-state index in [1.165, 1.54) is 6.39 Å². The summed E-state index contributed by atoms with van der Waals surface area (Å²) >= 11 is 0. The zero-order chi connectivity index (χ0) is 14.7. The number of hydrogen-bond acceptors (Lipinski definition) is 5. The van der Waals surface area contributed by atoms with Crippen LogP contribution in [0.5, 0.6) is 0 Å². The Balaban J connectivity index is 1.91. The van der Waals surface area contributed by atoms with Gasteiger partial charge in [-0.2, -0.15) is 0 Å². The average Bonchev–Trinajstić information content (AvgIpc) is 3.03. The van der Waals surface area contributed by atoms with Gasteiger partial charge in [-0.3, -0.25) is 9.59 Å². The fourth-order valence-corrected chi connectivity index (χ4v) is 2.37. The van der Waals surface area contributed by atoms with Crippen molar-refractivity contribution >= 4 is 17.5 Å². The Morgan fingerprint density at radius 3 is 2.95 bits per heavy atom. The largest absolute Gasteiger partial charge is 0.438 e. The summed E-state index contributed by atoms with van der Waals surface area (Å²) in [7, 11) is 0. The van der Waals surface area contributed by atoms with Gasteiger partial charge in [0.1, 0.15) is 0 Å². The smallest absolute Gasteiger partial charge is 0.289 e. The van der Waals surface area contributed by atoms with Gasteiger partial charge in [-0.05, 0) is 26.7 Å². The molecule has 1 fully saturated rings. The maximum Gasteiger partial charge on any atom is 0.289 e. The van der Waals surface area contributed by atoms with E-state index in [0.29, 0.717) is 18.0 Å². The van der Waals surface area contributed by atoms with Crippen LogP contribution in [0.25, 0.3) is 0 Å². The van der Waals surface area contributed by atoms with Crippen LogP contribution in [0.15, 0.2) is 10.8 Å². The summed E-state index contributed by atoms with van der Waals surface area (Å²) in [6.45, 7) is 3.90. The van der Waals surface area contributed by atoms with Crippen LogP contribution in [0.1, 0.15) is 36.0 Å². The molecule has 20 heavy (non-hydrogen) atoms. The summed E-state index contributed by atoms with van der Waals surface area (Å²) in [5.41, 5.74) is 0.970. The molecular weight excluding hydrogens is 260 g/mol. The lowest BCUT2D eigenvalue weighted by molar-refractivity contribution is -0.129. The first-order chi connectivity index (χ1) is 9.50. The van der Waals surface area contributed by atoms with E-state index in [2.05, 4.69) is 10.3 Å². The number of rotatable bonds is 4. The first-order valence-corrected chi connectivity index (χ1v) is 6.53. The number of carbonyl (C=O) groups excluding carboxylic acids is 2. The number of hydrogen-bond donors (Lipinski definition) is 2. The molecule has 0 aliphatic carbocycles. The zero-order valence-electron chi connectivity index (χ0n) is 11.6. The lowest BCUT2D eigenvalue weighted by Gasteiger charge is -2.24. The molecule has 2 amide bonds. The molecule has 1 saturated heterocycles. The number of aromatic nitrogens is 1. The molecular formula is C13H18N4O3. The minimum Gasteiger partial charge on any atom is -0.438 e. The highest BCUT2D eigenvalue weighted by molar-refractivity contribution is 5.96. The Labute approximate surface area is 116 Å². The quantitative estimate of drug-likeness (QED) is 0.793. The average molecular weight is 278 g/mol. The summed E-state index contributed by atoms with van der Waals surface area (Å²) in [5.74, 6) is -0.501. The van der Waals surface area contributed by atoms with Crippen molar-refractivity contribution < 1.29 is 14.0 Å². The van der Waals surface area contributed by atoms with Crippen molar-refractivity contribution in [1.29, 1.82) is 5.41 Å². The fourth-order valence-electron chi connectivity index (χ4n) is 2.37. The number of carbonyl (C=O) groups is 2. The van der Waals surface area contributed by atoms with Crippen LogP contribution >= 0.6 is 0 Å². The van der Waals surface area contributed by atoms with Crippen LogP contribution in [0.2, 0.25) is 0 Å². The second-order valence-electron chi connectivity index (χ2n) is 4.88. The molecule has 0 bridgehead atoms. The van der Waals surface area contributed by atoms with E-state index < -0.39 is 5.91 Å². The van der Waals surface area contributed by atoms with Gasteiger partial charge in [0.2, 0.25) is 11.7 Å². The van der Waals surface area contributed by atoms with Crippen molar-refractivity contribution in [3.63, 3.8) is 0 Å². The van der Waals surface area contributed by atoms with E-state index in [9.17, 15) is 9.59 Å². The van der Waals surface area contributed by atoms with E-state index in [4.69, 9.17) is 9.83 Å². The lowest BCUT2D eigenvalue weighted by Crippen LogP contribution is -2.44. The maximum atomic E-state index is 12.1. The van der Waals surface area contributed by atoms with Gasteiger partial charge in [0.05, 0.1) is 18.3 Å². The molecule has 1 aromatic rings. The van der Waals surface area contributed by atoms with Crippen molar-refractivity contribution in [2.24, 2.45) is 0 Å². The molecule has 108 valence electrons. The monoisotopic (exact) mass is 278 g/mol. The van der Waals surface area contributed by atoms with Gasteiger partial charge in [-0.1, -0.05) is 0 Å². The van der Waals surface area contributed by atoms with E-state index in [1.54, 1.807) is 18.7 Å². The van der Waals surface area contributed by atoms with Crippen LogP contribution in [0.3, 0.4) is 0 Å². The molecule has 7 heteroatoms. The molecule has 0 aromatic carbocycles. The Hall–Kier alpha value is -2.18. The van der Waals surface area contributed by atoms with Crippen molar-refractivity contribution in [1.82, 2.24) is 15.2 Å². The van der Waals surface area contributed by atoms with Crippen LogP contribution in [-0.2, 0) is 4.79 Å². The Kier molecular flexibility index (Phi) is 4.16. The molecule has 1 atom stereocenters. The highest BCUT2D eigenvalue weighted by atomic mass is 16.3. The van der Waals surface area contributed by atoms with E-state index in [1.807, 2.05) is 0 Å². The molecule has 2 N–H and O–H groups in total. The Morgan fingerprint density at radius 1 is 1.60 bits per heavy atom. The number of aryl methyl sites for hydroxylation is 1. The summed E-state index contributed by atoms with van der Waals surface area (Å²) in [6, 6.07) is -0.133. The number of oxazole rings is 1. The molecule has 0 spiro atoms. The van der Waals surface area contributed by atoms with Crippen molar-refractivity contribution in [3.05, 3.63) is 17.8 Å². The third-order valence-corrected chi connectivity index (χ3v) is 3.42. The minimum absolute atomic E-state index is 0.0945. The SMILES string of the molecule is CC(=N)[C@@H]1CCCN1C(=O)CNC(=O)c1ocnc1C. The molecule has 7 nitrogen and oxygen atoms in total. The predicted octanol–water partition coefficient (Wildman–Crippen LogP) is 0.743. The topological polar surface area (TPSA) is 99.3 Å². The van der Waals surface area contributed by atoms with Crippen molar-refractivity contribution in [3.8, 4) is 0 Å². The summed E-state index contributed by atoms with van der Waals surface area (Å²) in [6.07, 6.45) is 2.90. The lowest BCUT2D eigenvalue weighted by atomic mass is 10.1. The molecule has 1 aromatic heterocycles. The van der Waals surface area contributed by atoms with Crippen LogP contribution in [-0.4, -0.2) is 46.5 Å². The van der Waals surface area contributed by atoms with Gasteiger partial charge < -0.3 is 20.0 Å². The molecule has 1 aliphatic rings. The Morgan fingerprint density at radius 2 is 2.35 bits per heavy atom. The Bertz CT molecular complexity index is 537. The number of likely N-dealkylation sites (tertiary alicyclic amines) is 1. The van der Waals surface area contributed by atoms with Gasteiger partial charge in [0.15, 0.2) is 6.39 Å². The van der Waals surface area contributed by atoms with Gasteiger partial charge in [0.25, 0.3) is 5.91 Å². The highest BCUT2D eigenvalue weighted by Crippen LogP contribution is 2.18. The first-order valence-electron chi connectivity index (χ1n) is 6.53. The molecule has 0 radical (unpaired) electrons. The number of nitrogens with one attached hydrogen (secondary N) is 2. The summed E-state index contributed by atoms with van der Waals surface area (Å²) in [4.78, 5) is 29.4. The summed E-state index contributed by atoms with van der Waals surface area (Å²) < 4.78 is 4.96. The maximum absolute atomic E-state index is 12.1. The van der Waals surface area contributed by atoms with E-state index >= 15 is 0 Å². The second-order valence-corrected chi connectivity index (χ2v) is 4.88. The summed E-state index contributed by atoms with van der Waals surface area (Å²) in [5, 5.41) is 10.2. The minimum atomic E-state index is -0.448. The molecule has 0 unspecified atom stereocenters. The first kappa shape index (κ1) is 14.2. The molecule has 2 rings (SSSR count). The van der Waals surface area contributed by atoms with Gasteiger partial charge >= 0.3 is 0 Å². The zero-order valence-corrected chi connectivity index (χ0v) is 11.6. The molecule has 2 heterocycles. The fraction of sp³-hybridized carbons (Fsp3) is 0.538. The van der Waals surface area contributed by atoms with Crippen LogP contribution in [0, 0.1) is 12.3 Å². The van der Waals surface area contributed by atoms with E-state index in [0.717, 1.165) is 12.8 Å². The standard InChI is InChI=1S/C13H18N4O3/c1-8(14)10-4-3-5-17(10)11(18)6-15-13(19)12-9(2)16-7-20-12/h7,10,14H,3-6H2,1-2H3,(H,15,19)/t10-/m0/s1. The van der Waals surface area contributed by atoms with Gasteiger partial charge in [0, 0.05) is 12.3 Å². The molecule has 0 saturated carbocycles. The third kappa shape index (κ3) is 2.87. The van der Waals surface area contributed by atoms with Crippen molar-refractivity contribution in [2.75, 3.05) is 13.1 Å². The van der Waals surface area contributed by atoms with Crippen LogP contribution in [0.4, 0.5) is 0 Å². The van der Waals surface area contributed by atoms with E-state index in [-0.39, 0.29) is 24.3 Å². The van der Waals surface area contributed by atoms with Gasteiger partial charge in [-0.25, -0.2) is 4.98 Å². The number of amides is 2. The highest BCUT2D eigenvalue weighted by Gasteiger charge is 2.30. The van der Waals surface area contributed by atoms with Gasteiger partial charge in [-0.15, -0.1) is 0 Å².